The highest BCUT2D eigenvalue weighted by Crippen LogP contribution is 2.50. The number of aliphatic hydroxyl groups is 2. The van der Waals surface area contributed by atoms with Crippen molar-refractivity contribution in [1.82, 2.24) is 40.5 Å². The van der Waals surface area contributed by atoms with Crippen LogP contribution >= 0.6 is 22.9 Å². The van der Waals surface area contributed by atoms with Gasteiger partial charge in [-0.15, -0.1) is 23.0 Å². The lowest BCUT2D eigenvalue weighted by Gasteiger charge is -2.34. The minimum atomic E-state index is -1.26. The van der Waals surface area contributed by atoms with Gasteiger partial charge in [-0.05, 0) is 98.6 Å². The van der Waals surface area contributed by atoms with Crippen molar-refractivity contribution in [2.24, 2.45) is 5.92 Å². The fourth-order valence-electron chi connectivity index (χ4n) is 10.8. The molecule has 454 valence electrons. The number of nitrogens with two attached hydrogens (primary N) is 1. The predicted molar refractivity (Wildman–Crippen MR) is 328 cm³/mol. The van der Waals surface area contributed by atoms with E-state index in [1.165, 1.54) is 49.7 Å². The highest BCUT2D eigenvalue weighted by atomic mass is 35.5. The molecule has 4 unspecified atom stereocenters. The first-order valence-corrected chi connectivity index (χ1v) is 29.3. The van der Waals surface area contributed by atoms with Crippen molar-refractivity contribution in [2.45, 2.75) is 83.3 Å². The van der Waals surface area contributed by atoms with E-state index < -0.39 is 34.9 Å². The number of anilines is 2. The molecule has 5 aromatic carbocycles. The molecule has 11 rings (SSSR count). The normalized spacial score (nSPS) is 16.9. The standard InChI is InChI=1S/C41H41ClFN9O3S.C15H12F3NO2.C6H13N.CH4O/c1-5-33(22(2)3)52-20-32(49-50-52)24-8-6-23(7-9-24)21-55-37-35(27-12-13-31(43)38-34(27)29(17-44)39(45)56-38)30(42)16-28-36(37)47-41(54-15-14-53-4)48-40(28)51-18-25-10-11-26(19-51)46-25;16-11-5-6-12(17)15(18)14(11)10-3-1-9(2-4-10)13(7-20)19-8-21;1-6-4-3-5-7(6)2;1-2/h5-9,12-13,16,20,22,25-26,33,46H,1,10-11,14-15,18-19,21,45H2,2-4H3;1-6,8,13,20H,7H2,(H,19,21);6H,3-5H2,1-2H3;2H,1H3/t25-,26?,33?;;;/m0.../s1. The van der Waals surface area contributed by atoms with Crippen molar-refractivity contribution >= 4 is 61.2 Å². The Morgan fingerprint density at radius 1 is 0.942 bits per heavy atom. The molecule has 3 fully saturated rings. The zero-order valence-electron chi connectivity index (χ0n) is 48.7. The van der Waals surface area contributed by atoms with Gasteiger partial charge in [0, 0.05) is 67.3 Å². The second kappa shape index (κ2) is 29.6. The highest BCUT2D eigenvalue weighted by molar-refractivity contribution is 7.23. The van der Waals surface area contributed by atoms with E-state index in [0.717, 1.165) is 79.4 Å². The Hall–Kier alpha value is -7.75. The molecule has 0 aliphatic carbocycles. The van der Waals surface area contributed by atoms with Gasteiger partial charge in [0.15, 0.2) is 17.4 Å². The second-order valence-electron chi connectivity index (χ2n) is 21.3. The largest absolute Gasteiger partial charge is 0.486 e. The smallest absolute Gasteiger partial charge is 0.319 e. The summed E-state index contributed by atoms with van der Waals surface area (Å²) in [6, 6.07) is 23.3. The molecule has 3 aliphatic heterocycles. The zero-order chi connectivity index (χ0) is 61.8. The molecular weight excluding hydrogens is 1150 g/mol. The highest BCUT2D eigenvalue weighted by Gasteiger charge is 2.35. The van der Waals surface area contributed by atoms with E-state index in [9.17, 15) is 23.2 Å². The number of nitriles is 1. The van der Waals surface area contributed by atoms with Gasteiger partial charge in [0.1, 0.15) is 52.9 Å². The van der Waals surface area contributed by atoms with Crippen LogP contribution in [0.25, 0.3) is 54.5 Å². The molecule has 86 heavy (non-hydrogen) atoms. The van der Waals surface area contributed by atoms with E-state index in [2.05, 4.69) is 71.2 Å². The van der Waals surface area contributed by atoms with Crippen LogP contribution < -0.4 is 30.7 Å². The van der Waals surface area contributed by atoms with E-state index in [1.54, 1.807) is 13.2 Å². The summed E-state index contributed by atoms with van der Waals surface area (Å²) in [6.07, 6.45) is 9.20. The minimum Gasteiger partial charge on any atom is -0.486 e. The summed E-state index contributed by atoms with van der Waals surface area (Å²) >= 11 is 8.31. The van der Waals surface area contributed by atoms with Crippen LogP contribution in [0, 0.1) is 40.5 Å². The number of aliphatic hydroxyl groups excluding tert-OH is 2. The molecule has 8 aromatic rings. The van der Waals surface area contributed by atoms with Crippen LogP contribution in [-0.2, 0) is 16.1 Å². The Kier molecular flexibility index (Phi) is 22.1. The number of aromatic nitrogens is 5. The second-order valence-corrected chi connectivity index (χ2v) is 22.8. The van der Waals surface area contributed by atoms with Gasteiger partial charge in [0.05, 0.1) is 52.3 Å². The van der Waals surface area contributed by atoms with Gasteiger partial charge in [-0.2, -0.15) is 15.2 Å². The number of halogens is 5. The van der Waals surface area contributed by atoms with E-state index in [1.807, 2.05) is 47.3 Å². The van der Waals surface area contributed by atoms with Crippen LogP contribution in [0.2, 0.25) is 5.02 Å². The van der Waals surface area contributed by atoms with Gasteiger partial charge in [-0.1, -0.05) is 91.3 Å². The first-order chi connectivity index (χ1) is 41.5. The Morgan fingerprint density at radius 3 is 2.23 bits per heavy atom. The molecule has 3 aliphatic rings. The van der Waals surface area contributed by atoms with Crippen LogP contribution in [0.5, 0.6) is 11.8 Å². The maximum Gasteiger partial charge on any atom is 0.319 e. The molecule has 5 atom stereocenters. The number of likely N-dealkylation sites (tertiary alicyclic amines) is 1. The van der Waals surface area contributed by atoms with Gasteiger partial charge < -0.3 is 50.6 Å². The summed E-state index contributed by atoms with van der Waals surface area (Å²) in [5.74, 6) is -2.43. The molecule has 6 heterocycles. The fourth-order valence-corrected chi connectivity index (χ4v) is 12.1. The van der Waals surface area contributed by atoms with Gasteiger partial charge in [0.2, 0.25) is 6.41 Å². The zero-order valence-corrected chi connectivity index (χ0v) is 50.2. The molecule has 0 radical (unpaired) electrons. The Bertz CT molecular complexity index is 3660. The van der Waals surface area contributed by atoms with Crippen LogP contribution in [0.15, 0.2) is 97.7 Å². The number of hydrogen-bond donors (Lipinski definition) is 5. The maximum atomic E-state index is 15.3. The number of allylic oxidation sites excluding steroid dienone is 1. The maximum absolute atomic E-state index is 15.3. The quantitative estimate of drug-likeness (QED) is 0.0177. The molecule has 23 heteroatoms. The monoisotopic (exact) mass is 1220 g/mol. The number of carbonyl (C=O) groups is 1. The third-order valence-electron chi connectivity index (χ3n) is 15.4. The predicted octanol–water partition coefficient (Wildman–Crippen LogP) is 11.2. The number of hydrogen-bond acceptors (Lipinski definition) is 16. The van der Waals surface area contributed by atoms with Crippen LogP contribution in [0.3, 0.4) is 0 Å². The Labute approximate surface area is 506 Å². The van der Waals surface area contributed by atoms with Crippen molar-refractivity contribution in [3.8, 4) is 51.3 Å². The van der Waals surface area contributed by atoms with Gasteiger partial charge in [-0.3, -0.25) is 4.79 Å². The number of piperazine rings is 1. The number of rotatable bonds is 18. The van der Waals surface area contributed by atoms with Crippen molar-refractivity contribution in [1.29, 1.82) is 5.26 Å². The van der Waals surface area contributed by atoms with E-state index in [-0.39, 0.29) is 52.7 Å². The number of nitrogens with zero attached hydrogens (tertiary/aromatic N) is 8. The van der Waals surface area contributed by atoms with E-state index in [0.29, 0.717) is 80.6 Å². The lowest BCUT2D eigenvalue weighted by atomic mass is 9.96. The topological polar surface area (TPSA) is 222 Å². The molecule has 0 saturated carbocycles. The van der Waals surface area contributed by atoms with E-state index in [4.69, 9.17) is 51.7 Å². The minimum absolute atomic E-state index is 0.0275. The number of methoxy groups -OCH3 is 1. The average molecular weight is 1220 g/mol. The Balaban J connectivity index is 0.000000262. The number of nitrogens with one attached hydrogen (secondary N) is 2. The number of benzene rings is 5. The molecule has 3 aromatic heterocycles. The summed E-state index contributed by atoms with van der Waals surface area (Å²) in [5.41, 5.74) is 10.6. The molecule has 3 saturated heterocycles. The number of amides is 1. The third-order valence-corrected chi connectivity index (χ3v) is 16.8. The molecule has 6 N–H and O–H groups in total. The lowest BCUT2D eigenvalue weighted by molar-refractivity contribution is -0.110. The van der Waals surface area contributed by atoms with Crippen molar-refractivity contribution in [2.75, 3.05) is 71.4 Å². The van der Waals surface area contributed by atoms with Crippen LogP contribution in [0.4, 0.5) is 28.4 Å². The Morgan fingerprint density at radius 2 is 1.63 bits per heavy atom. The number of fused-ring (bicyclic) bond motifs is 4. The van der Waals surface area contributed by atoms with E-state index >= 15 is 4.39 Å². The number of ether oxygens (including phenoxy) is 3. The summed E-state index contributed by atoms with van der Waals surface area (Å²) in [5, 5.41) is 42.7. The van der Waals surface area contributed by atoms with Gasteiger partial charge in [0.25, 0.3) is 0 Å². The summed E-state index contributed by atoms with van der Waals surface area (Å²) < 4.78 is 76.0. The van der Waals surface area contributed by atoms with Crippen molar-refractivity contribution in [3.63, 3.8) is 0 Å². The summed E-state index contributed by atoms with van der Waals surface area (Å²) in [6.45, 7) is 13.7. The number of carbonyl (C=O) groups excluding carboxylic acids is 1. The average Bonchev–Trinajstić information content (AvgIpc) is 1.47. The molecular formula is C63H70ClF4N11O6S. The summed E-state index contributed by atoms with van der Waals surface area (Å²) in [7, 11) is 4.79. The van der Waals surface area contributed by atoms with Crippen LogP contribution in [0.1, 0.15) is 75.2 Å². The number of nitrogen functional groups attached to an aromatic ring is 1. The fraction of sp³-hybridized carbons (Fsp3) is 0.365. The first kappa shape index (κ1) is 64.3. The summed E-state index contributed by atoms with van der Waals surface area (Å²) in [4.78, 5) is 24.9. The van der Waals surface area contributed by atoms with Crippen LogP contribution in [-0.4, -0.2) is 125 Å². The van der Waals surface area contributed by atoms with Gasteiger partial charge >= 0.3 is 6.01 Å². The molecule has 2 bridgehead atoms. The molecule has 0 spiro atoms. The molecule has 17 nitrogen and oxygen atoms in total. The third kappa shape index (κ3) is 14.4. The lowest BCUT2D eigenvalue weighted by Crippen LogP contribution is -2.51. The molecule has 1 amide bonds. The van der Waals surface area contributed by atoms with Crippen molar-refractivity contribution in [3.05, 3.63) is 143 Å². The van der Waals surface area contributed by atoms with Gasteiger partial charge in [-0.25, -0.2) is 22.2 Å². The van der Waals surface area contributed by atoms with Crippen molar-refractivity contribution < 1.29 is 46.8 Å². The first-order valence-electron chi connectivity index (χ1n) is 28.1. The number of thiophene rings is 1. The SMILES string of the molecule is C=CC(C(C)C)n1cc(-c2ccc(COc3c(-c4ccc(F)c5sc(N)c(C#N)c45)c(Cl)cc4c(N5CC6CC[C@@H](C5)N6)nc(OCCOC)nc34)cc2)nn1.CC1CCCN1C.CO.O=CNC(CO)c1ccc(-c2c(F)ccc(F)c2F)cc1.